The first-order valence-corrected chi connectivity index (χ1v) is 9.94. The van der Waals surface area contributed by atoms with Crippen molar-refractivity contribution in [2.75, 3.05) is 13.1 Å². The number of guanidine groups is 1. The molecule has 2 aromatic heterocycles. The van der Waals surface area contributed by atoms with Gasteiger partial charge in [-0.15, -0.1) is 35.3 Å². The molecular weight excluding hydrogens is 506 g/mol. The first-order chi connectivity index (χ1) is 13.6. The molecule has 29 heavy (non-hydrogen) atoms. The number of hydrogen-bond acceptors (Lipinski definition) is 5. The fourth-order valence-corrected chi connectivity index (χ4v) is 3.08. The van der Waals surface area contributed by atoms with Gasteiger partial charge >= 0.3 is 0 Å². The van der Waals surface area contributed by atoms with Crippen LogP contribution in [-0.2, 0) is 6.54 Å². The van der Waals surface area contributed by atoms with Crippen molar-refractivity contribution >= 4 is 41.3 Å². The second-order valence-corrected chi connectivity index (χ2v) is 7.03. The van der Waals surface area contributed by atoms with Gasteiger partial charge in [0.25, 0.3) is 0 Å². The smallest absolute Gasteiger partial charge is 0.236 e. The summed E-state index contributed by atoms with van der Waals surface area (Å²) in [6, 6.07) is 9.91. The van der Waals surface area contributed by atoms with E-state index in [1.165, 1.54) is 12.1 Å². The van der Waals surface area contributed by atoms with Gasteiger partial charge in [0.2, 0.25) is 5.89 Å². The summed E-state index contributed by atoms with van der Waals surface area (Å²) in [5.41, 5.74) is 0.760. The van der Waals surface area contributed by atoms with Crippen LogP contribution in [0.25, 0.3) is 10.8 Å². The molecule has 0 aliphatic heterocycles. The Morgan fingerprint density at radius 2 is 2.07 bits per heavy atom. The summed E-state index contributed by atoms with van der Waals surface area (Å²) in [4.78, 5) is 10.0. The summed E-state index contributed by atoms with van der Waals surface area (Å²) in [6.07, 6.45) is 1.51. The Bertz CT molecular complexity index is 884. The fourth-order valence-electron chi connectivity index (χ4n) is 2.42. The number of thiophene rings is 1. The minimum atomic E-state index is -0.283. The van der Waals surface area contributed by atoms with E-state index in [1.807, 2.05) is 31.4 Å². The Morgan fingerprint density at radius 3 is 2.76 bits per heavy atom. The Hall–Kier alpha value is -2.14. The van der Waals surface area contributed by atoms with Crippen LogP contribution in [0.3, 0.4) is 0 Å². The molecular formula is C20H24FIN4O2S. The van der Waals surface area contributed by atoms with Gasteiger partial charge in [0.15, 0.2) is 5.96 Å². The molecule has 0 amide bonds. The highest BCUT2D eigenvalue weighted by Crippen LogP contribution is 2.23. The largest absolute Gasteiger partial charge is 0.489 e. The lowest BCUT2D eigenvalue weighted by Gasteiger charge is -2.17. The first-order valence-electron chi connectivity index (χ1n) is 9.06. The molecule has 1 atom stereocenters. The lowest BCUT2D eigenvalue weighted by atomic mass is 10.3. The molecule has 1 aromatic carbocycles. The van der Waals surface area contributed by atoms with E-state index in [2.05, 4.69) is 20.6 Å². The normalized spacial score (nSPS) is 12.2. The summed E-state index contributed by atoms with van der Waals surface area (Å²) in [7, 11) is 0. The number of oxazole rings is 1. The predicted molar refractivity (Wildman–Crippen MR) is 125 cm³/mol. The van der Waals surface area contributed by atoms with Crippen molar-refractivity contribution in [1.29, 1.82) is 0 Å². The standard InChI is InChI=1S/C20H23FN4O2S.HI/c1-3-22-20(23-11-14(2)27-17-8-6-15(21)7-9-17)24-12-16-13-26-19(25-16)18-5-4-10-28-18;/h4-10,13-14H,3,11-12H2,1-2H3,(H2,22,23,24);1H. The monoisotopic (exact) mass is 530 g/mol. The van der Waals surface area contributed by atoms with Gasteiger partial charge in [-0.25, -0.2) is 14.4 Å². The maximum atomic E-state index is 13.0. The van der Waals surface area contributed by atoms with E-state index in [0.29, 0.717) is 30.7 Å². The van der Waals surface area contributed by atoms with Gasteiger partial charge in [-0.1, -0.05) is 6.07 Å². The fraction of sp³-hybridized carbons (Fsp3) is 0.300. The van der Waals surface area contributed by atoms with Crippen LogP contribution in [0.2, 0.25) is 0 Å². The Morgan fingerprint density at radius 1 is 1.28 bits per heavy atom. The molecule has 6 nitrogen and oxygen atoms in total. The first kappa shape index (κ1) is 23.1. The van der Waals surface area contributed by atoms with Gasteiger partial charge in [0.1, 0.15) is 29.6 Å². The number of aromatic nitrogens is 1. The van der Waals surface area contributed by atoms with Crippen LogP contribution in [0.1, 0.15) is 19.5 Å². The van der Waals surface area contributed by atoms with Crippen LogP contribution >= 0.6 is 35.3 Å². The highest BCUT2D eigenvalue weighted by atomic mass is 127. The van der Waals surface area contributed by atoms with Crippen molar-refractivity contribution < 1.29 is 13.5 Å². The number of halogens is 2. The SMILES string of the molecule is CCNC(=NCc1coc(-c2cccs2)n1)NCC(C)Oc1ccc(F)cc1.I. The van der Waals surface area contributed by atoms with Crippen molar-refractivity contribution in [3.63, 3.8) is 0 Å². The van der Waals surface area contributed by atoms with Crippen LogP contribution in [0.15, 0.2) is 57.5 Å². The van der Waals surface area contributed by atoms with Crippen LogP contribution in [-0.4, -0.2) is 30.1 Å². The Labute approximate surface area is 190 Å². The Balaban J connectivity index is 0.00000300. The number of rotatable bonds is 8. The average molecular weight is 530 g/mol. The lowest BCUT2D eigenvalue weighted by molar-refractivity contribution is 0.223. The molecule has 0 saturated carbocycles. The second kappa shape index (κ2) is 11.8. The molecule has 3 aromatic rings. The molecule has 1 unspecified atom stereocenters. The average Bonchev–Trinajstić information content (AvgIpc) is 3.37. The van der Waals surface area contributed by atoms with Crippen molar-refractivity contribution in [2.45, 2.75) is 26.5 Å². The maximum Gasteiger partial charge on any atom is 0.236 e. The quantitative estimate of drug-likeness (QED) is 0.252. The van der Waals surface area contributed by atoms with Crippen molar-refractivity contribution in [3.05, 3.63) is 59.6 Å². The summed E-state index contributed by atoms with van der Waals surface area (Å²) in [6.45, 7) is 5.61. The topological polar surface area (TPSA) is 71.7 Å². The minimum absolute atomic E-state index is 0. The van der Waals surface area contributed by atoms with Crippen LogP contribution in [0, 0.1) is 5.82 Å². The van der Waals surface area contributed by atoms with E-state index in [9.17, 15) is 4.39 Å². The summed E-state index contributed by atoms with van der Waals surface area (Å²) >= 11 is 1.58. The molecule has 0 saturated heterocycles. The van der Waals surface area contributed by atoms with Gasteiger partial charge in [-0.2, -0.15) is 0 Å². The minimum Gasteiger partial charge on any atom is -0.489 e. The van der Waals surface area contributed by atoms with Gasteiger partial charge in [-0.3, -0.25) is 0 Å². The van der Waals surface area contributed by atoms with Gasteiger partial charge in [0, 0.05) is 6.54 Å². The van der Waals surface area contributed by atoms with Gasteiger partial charge < -0.3 is 19.8 Å². The zero-order valence-electron chi connectivity index (χ0n) is 16.2. The third kappa shape index (κ3) is 7.32. The van der Waals surface area contributed by atoms with E-state index >= 15 is 0 Å². The molecule has 0 radical (unpaired) electrons. The van der Waals surface area contributed by atoms with Gasteiger partial charge in [0.05, 0.1) is 18.0 Å². The van der Waals surface area contributed by atoms with E-state index < -0.39 is 0 Å². The highest BCUT2D eigenvalue weighted by molar-refractivity contribution is 14.0. The second-order valence-electron chi connectivity index (χ2n) is 6.08. The van der Waals surface area contributed by atoms with E-state index in [4.69, 9.17) is 9.15 Å². The summed E-state index contributed by atoms with van der Waals surface area (Å²) < 4.78 is 24.2. The number of hydrogen-bond donors (Lipinski definition) is 2. The van der Waals surface area contributed by atoms with Crippen LogP contribution in [0.4, 0.5) is 4.39 Å². The molecule has 9 heteroatoms. The molecule has 0 fully saturated rings. The van der Waals surface area contributed by atoms with E-state index in [-0.39, 0.29) is 35.9 Å². The molecule has 0 aliphatic rings. The van der Waals surface area contributed by atoms with E-state index in [1.54, 1.807) is 29.7 Å². The molecule has 0 aliphatic carbocycles. The number of benzene rings is 1. The number of nitrogens with one attached hydrogen (secondary N) is 2. The lowest BCUT2D eigenvalue weighted by Crippen LogP contribution is -2.41. The van der Waals surface area contributed by atoms with Crippen LogP contribution in [0.5, 0.6) is 5.75 Å². The maximum absolute atomic E-state index is 13.0. The molecule has 0 spiro atoms. The van der Waals surface area contributed by atoms with Crippen LogP contribution < -0.4 is 15.4 Å². The predicted octanol–water partition coefficient (Wildman–Crippen LogP) is 4.68. The molecule has 3 rings (SSSR count). The third-order valence-corrected chi connectivity index (χ3v) is 4.59. The summed E-state index contributed by atoms with van der Waals surface area (Å²) in [5.74, 6) is 1.62. The molecule has 2 heterocycles. The number of aliphatic imine (C=N–C) groups is 1. The third-order valence-electron chi connectivity index (χ3n) is 3.73. The van der Waals surface area contributed by atoms with E-state index in [0.717, 1.165) is 17.1 Å². The highest BCUT2D eigenvalue weighted by Gasteiger charge is 2.09. The molecule has 2 N–H and O–H groups in total. The zero-order chi connectivity index (χ0) is 19.8. The Kier molecular flexibility index (Phi) is 9.39. The number of nitrogens with zero attached hydrogens (tertiary/aromatic N) is 2. The molecule has 156 valence electrons. The van der Waals surface area contributed by atoms with Crippen molar-refractivity contribution in [3.8, 4) is 16.5 Å². The summed E-state index contributed by atoms with van der Waals surface area (Å²) in [5, 5.41) is 8.42. The zero-order valence-corrected chi connectivity index (χ0v) is 19.4. The van der Waals surface area contributed by atoms with Crippen molar-refractivity contribution in [2.24, 2.45) is 4.99 Å². The van der Waals surface area contributed by atoms with Crippen molar-refractivity contribution in [1.82, 2.24) is 15.6 Å². The molecule has 0 bridgehead atoms. The number of ether oxygens (including phenoxy) is 1. The van der Waals surface area contributed by atoms with Gasteiger partial charge in [-0.05, 0) is 49.6 Å².